The molecule has 1 aromatic heterocycles. The number of likely N-dealkylation sites (N-methyl/N-ethyl adjacent to an activating group) is 1. The van der Waals surface area contributed by atoms with Crippen molar-refractivity contribution in [1.29, 1.82) is 0 Å². The lowest BCUT2D eigenvalue weighted by molar-refractivity contribution is -0.907. The van der Waals surface area contributed by atoms with Crippen LogP contribution in [0.5, 0.6) is 0 Å². The smallest absolute Gasteiger partial charge is 0.282 e. The van der Waals surface area contributed by atoms with Gasteiger partial charge >= 0.3 is 0 Å². The molecule has 118 valence electrons. The van der Waals surface area contributed by atoms with E-state index < -0.39 is 0 Å². The highest BCUT2D eigenvalue weighted by atomic mass is 32.1. The molecule has 1 unspecified atom stereocenters. The fourth-order valence-electron chi connectivity index (χ4n) is 2.70. The summed E-state index contributed by atoms with van der Waals surface area (Å²) in [5.41, 5.74) is 5.69. The first kappa shape index (κ1) is 16.7. The van der Waals surface area contributed by atoms with Gasteiger partial charge in [-0.1, -0.05) is 17.7 Å². The molecule has 2 aromatic rings. The summed E-state index contributed by atoms with van der Waals surface area (Å²) in [5.74, 6) is 0.0720. The number of carbonyl (C=O) groups is 1. The van der Waals surface area contributed by atoms with Crippen LogP contribution in [0.25, 0.3) is 0 Å². The molecule has 4 heteroatoms. The first-order valence-corrected chi connectivity index (χ1v) is 8.55. The predicted octanol–water partition coefficient (Wildman–Crippen LogP) is 2.72. The Hall–Kier alpha value is -1.65. The molecule has 0 aliphatic rings. The van der Waals surface area contributed by atoms with Crippen LogP contribution < -0.4 is 10.2 Å². The van der Waals surface area contributed by atoms with Crippen LogP contribution in [-0.4, -0.2) is 19.0 Å². The Balaban J connectivity index is 2.05. The normalized spacial score (nSPS) is 13.7. The predicted molar refractivity (Wildman–Crippen MR) is 93.7 cm³/mol. The number of hydrogen-bond donors (Lipinski definition) is 2. The van der Waals surface area contributed by atoms with Crippen LogP contribution in [0.3, 0.4) is 0 Å². The maximum absolute atomic E-state index is 12.5. The summed E-state index contributed by atoms with van der Waals surface area (Å²) in [6, 6.07) is 6.23. The van der Waals surface area contributed by atoms with E-state index >= 15 is 0 Å². The average molecular weight is 317 g/mol. The van der Waals surface area contributed by atoms with Crippen molar-refractivity contribution >= 4 is 22.9 Å². The van der Waals surface area contributed by atoms with Crippen LogP contribution in [0.15, 0.2) is 29.0 Å². The highest BCUT2D eigenvalue weighted by molar-refractivity contribution is 7.07. The van der Waals surface area contributed by atoms with E-state index in [4.69, 9.17) is 0 Å². The molecule has 1 amide bonds. The fourth-order valence-corrected chi connectivity index (χ4v) is 3.37. The number of anilines is 1. The number of rotatable bonds is 5. The van der Waals surface area contributed by atoms with E-state index in [0.29, 0.717) is 0 Å². The first-order valence-electron chi connectivity index (χ1n) is 7.60. The van der Waals surface area contributed by atoms with Crippen molar-refractivity contribution in [2.75, 3.05) is 12.4 Å². The highest BCUT2D eigenvalue weighted by Crippen LogP contribution is 2.21. The second-order valence-electron chi connectivity index (χ2n) is 6.14. The van der Waals surface area contributed by atoms with Crippen molar-refractivity contribution in [1.82, 2.24) is 0 Å². The van der Waals surface area contributed by atoms with Crippen molar-refractivity contribution in [2.45, 2.75) is 40.3 Å². The Morgan fingerprint density at radius 3 is 2.45 bits per heavy atom. The zero-order chi connectivity index (χ0) is 16.3. The van der Waals surface area contributed by atoms with Crippen molar-refractivity contribution in [3.63, 3.8) is 0 Å². The van der Waals surface area contributed by atoms with Crippen LogP contribution in [-0.2, 0) is 11.3 Å². The largest absolute Gasteiger partial charge is 0.324 e. The van der Waals surface area contributed by atoms with Crippen LogP contribution in [0.1, 0.15) is 29.2 Å². The SMILES string of the molecule is Cc1cc(C)c(NC(=O)[C@@H](C)[NH+](C)Cc2ccsc2)c(C)c1. The lowest BCUT2D eigenvalue weighted by atomic mass is 10.0. The van der Waals surface area contributed by atoms with E-state index in [1.165, 1.54) is 16.0 Å². The molecule has 2 atom stereocenters. The second-order valence-corrected chi connectivity index (χ2v) is 6.92. The molecule has 3 nitrogen and oxygen atoms in total. The van der Waals surface area contributed by atoms with Gasteiger partial charge in [0.1, 0.15) is 6.54 Å². The van der Waals surface area contributed by atoms with Gasteiger partial charge < -0.3 is 10.2 Å². The molecular weight excluding hydrogens is 292 g/mol. The maximum Gasteiger partial charge on any atom is 0.282 e. The van der Waals surface area contributed by atoms with Crippen molar-refractivity contribution in [2.24, 2.45) is 0 Å². The van der Waals surface area contributed by atoms with Gasteiger partial charge in [-0.25, -0.2) is 0 Å². The second kappa shape index (κ2) is 7.07. The summed E-state index contributed by atoms with van der Waals surface area (Å²) in [6.07, 6.45) is 0. The van der Waals surface area contributed by atoms with Crippen LogP contribution in [0.2, 0.25) is 0 Å². The molecule has 1 heterocycles. The number of thiophene rings is 1. The summed E-state index contributed by atoms with van der Waals surface area (Å²) in [7, 11) is 2.07. The first-order chi connectivity index (χ1) is 10.4. The van der Waals surface area contributed by atoms with E-state index in [1.54, 1.807) is 11.3 Å². The lowest BCUT2D eigenvalue weighted by Crippen LogP contribution is -3.12. The van der Waals surface area contributed by atoms with E-state index in [9.17, 15) is 4.79 Å². The molecule has 0 radical (unpaired) electrons. The molecule has 22 heavy (non-hydrogen) atoms. The molecule has 1 aromatic carbocycles. The van der Waals surface area contributed by atoms with E-state index in [0.717, 1.165) is 23.4 Å². The molecule has 0 bridgehead atoms. The molecule has 0 spiro atoms. The zero-order valence-corrected chi connectivity index (χ0v) is 14.8. The molecule has 0 saturated carbocycles. The topological polar surface area (TPSA) is 33.5 Å². The highest BCUT2D eigenvalue weighted by Gasteiger charge is 2.23. The van der Waals surface area contributed by atoms with Gasteiger partial charge in [-0.05, 0) is 55.6 Å². The lowest BCUT2D eigenvalue weighted by Gasteiger charge is -2.22. The minimum Gasteiger partial charge on any atom is -0.324 e. The summed E-state index contributed by atoms with van der Waals surface area (Å²) in [6.45, 7) is 9.01. The summed E-state index contributed by atoms with van der Waals surface area (Å²) < 4.78 is 0. The third kappa shape index (κ3) is 3.96. The minimum atomic E-state index is -0.0972. The molecule has 0 fully saturated rings. The molecule has 0 aliphatic carbocycles. The number of hydrogen-bond acceptors (Lipinski definition) is 2. The fraction of sp³-hybridized carbons (Fsp3) is 0.389. The standard InChI is InChI=1S/C18H24N2OS/c1-12-8-13(2)17(14(3)9-12)19-18(21)15(4)20(5)10-16-6-7-22-11-16/h6-9,11,15H,10H2,1-5H3,(H,19,21)/p+1/t15-/m1/s1. The van der Waals surface area contributed by atoms with E-state index in [-0.39, 0.29) is 11.9 Å². The molecule has 0 saturated heterocycles. The van der Waals surface area contributed by atoms with Gasteiger partial charge in [0, 0.05) is 11.3 Å². The van der Waals surface area contributed by atoms with Gasteiger partial charge in [0.05, 0.1) is 7.05 Å². The number of nitrogens with one attached hydrogen (secondary N) is 2. The summed E-state index contributed by atoms with van der Waals surface area (Å²) in [4.78, 5) is 13.7. The summed E-state index contributed by atoms with van der Waals surface area (Å²) in [5, 5.41) is 7.33. The number of benzene rings is 1. The van der Waals surface area contributed by atoms with Gasteiger partial charge in [0.25, 0.3) is 5.91 Å². The van der Waals surface area contributed by atoms with E-state index in [1.807, 2.05) is 20.8 Å². The number of carbonyl (C=O) groups excluding carboxylic acids is 1. The van der Waals surface area contributed by atoms with E-state index in [2.05, 4.69) is 48.2 Å². The minimum absolute atomic E-state index is 0.0720. The Bertz CT molecular complexity index is 626. The van der Waals surface area contributed by atoms with Crippen LogP contribution in [0.4, 0.5) is 5.69 Å². The van der Waals surface area contributed by atoms with Gasteiger partial charge in [-0.3, -0.25) is 4.79 Å². The van der Waals surface area contributed by atoms with Crippen LogP contribution in [0, 0.1) is 20.8 Å². The van der Waals surface area contributed by atoms with Crippen LogP contribution >= 0.6 is 11.3 Å². The number of aryl methyl sites for hydroxylation is 3. The Kier molecular flexibility index (Phi) is 5.37. The monoisotopic (exact) mass is 317 g/mol. The number of amides is 1. The average Bonchev–Trinajstić information content (AvgIpc) is 2.94. The van der Waals surface area contributed by atoms with Gasteiger partial charge in [0.15, 0.2) is 6.04 Å². The third-order valence-electron chi connectivity index (χ3n) is 4.12. The molecule has 2 rings (SSSR count). The maximum atomic E-state index is 12.5. The van der Waals surface area contributed by atoms with Gasteiger partial charge in [-0.15, -0.1) is 0 Å². The zero-order valence-electron chi connectivity index (χ0n) is 14.0. The van der Waals surface area contributed by atoms with Crippen molar-refractivity contribution in [3.8, 4) is 0 Å². The third-order valence-corrected chi connectivity index (χ3v) is 4.85. The Morgan fingerprint density at radius 2 is 1.91 bits per heavy atom. The van der Waals surface area contributed by atoms with Gasteiger partial charge in [-0.2, -0.15) is 11.3 Å². The molecular formula is C18H25N2OS+. The Morgan fingerprint density at radius 1 is 1.27 bits per heavy atom. The quantitative estimate of drug-likeness (QED) is 0.873. The molecule has 2 N–H and O–H groups in total. The van der Waals surface area contributed by atoms with Gasteiger partial charge in [0.2, 0.25) is 0 Å². The summed E-state index contributed by atoms with van der Waals surface area (Å²) >= 11 is 1.70. The number of quaternary nitrogens is 1. The Labute approximate surface area is 137 Å². The molecule has 0 aliphatic heterocycles. The van der Waals surface area contributed by atoms with Crippen molar-refractivity contribution < 1.29 is 9.69 Å². The van der Waals surface area contributed by atoms with Crippen molar-refractivity contribution in [3.05, 3.63) is 51.2 Å².